The summed E-state index contributed by atoms with van der Waals surface area (Å²) >= 11 is 0. The second-order valence-corrected chi connectivity index (χ2v) is 9.56. The number of allylic oxidation sites excluding steroid dienone is 1. The van der Waals surface area contributed by atoms with E-state index < -0.39 is 0 Å². The van der Waals surface area contributed by atoms with Crippen LogP contribution >= 0.6 is 0 Å². The minimum Gasteiger partial charge on any atom is -0.0795 e. The van der Waals surface area contributed by atoms with E-state index in [1.54, 1.807) is 0 Å². The Kier molecular flexibility index (Phi) is 4.52. The van der Waals surface area contributed by atoms with Crippen molar-refractivity contribution < 1.29 is 0 Å². The summed E-state index contributed by atoms with van der Waals surface area (Å²) < 4.78 is 0. The third-order valence-electron chi connectivity index (χ3n) is 7.49. The maximum Gasteiger partial charge on any atom is -0.00237 e. The van der Waals surface area contributed by atoms with E-state index in [9.17, 15) is 0 Å². The molecule has 0 atom stereocenters. The smallest absolute Gasteiger partial charge is 0.00237 e. The Morgan fingerprint density at radius 2 is 0.970 bits per heavy atom. The van der Waals surface area contributed by atoms with Crippen molar-refractivity contribution in [3.05, 3.63) is 112 Å². The maximum atomic E-state index is 2.30. The van der Waals surface area contributed by atoms with E-state index in [1.165, 1.54) is 76.5 Å². The first-order valence-corrected chi connectivity index (χ1v) is 11.8. The number of fused-ring (bicyclic) bond motifs is 3. The van der Waals surface area contributed by atoms with Crippen LogP contribution in [0.1, 0.15) is 33.4 Å². The number of aryl methyl sites for hydroxylation is 4. The Balaban J connectivity index is 0.000000158. The van der Waals surface area contributed by atoms with Gasteiger partial charge in [0, 0.05) is 0 Å². The average Bonchev–Trinajstić information content (AvgIpc) is 3.27. The van der Waals surface area contributed by atoms with Gasteiger partial charge in [0.25, 0.3) is 0 Å². The number of benzene rings is 6. The summed E-state index contributed by atoms with van der Waals surface area (Å²) in [5, 5.41) is 11.1. The molecule has 33 heavy (non-hydrogen) atoms. The molecule has 0 N–H and O–H groups in total. The van der Waals surface area contributed by atoms with Crippen LogP contribution in [-0.4, -0.2) is 0 Å². The fourth-order valence-corrected chi connectivity index (χ4v) is 5.55. The molecular formula is C33H28. The minimum atomic E-state index is 1.12. The molecule has 0 heteroatoms. The van der Waals surface area contributed by atoms with Gasteiger partial charge in [-0.1, -0.05) is 84.9 Å². The van der Waals surface area contributed by atoms with Gasteiger partial charge in [0.2, 0.25) is 0 Å². The lowest BCUT2D eigenvalue weighted by molar-refractivity contribution is 1.24. The fraction of sp³-hybridized carbons (Fsp3) is 0.152. The zero-order chi connectivity index (χ0) is 22.7. The SMILES string of the molecule is Cc1cc2c(cc1C)CC=C2.Cc1ccc2c3cccc4c(C)ccc(c5cccc1c52)c43. The molecule has 1 aliphatic rings. The van der Waals surface area contributed by atoms with Crippen molar-refractivity contribution in [1.29, 1.82) is 0 Å². The van der Waals surface area contributed by atoms with E-state index in [4.69, 9.17) is 0 Å². The summed E-state index contributed by atoms with van der Waals surface area (Å²) in [5.74, 6) is 0. The molecule has 0 aliphatic heterocycles. The van der Waals surface area contributed by atoms with Crippen molar-refractivity contribution in [2.45, 2.75) is 34.1 Å². The first-order chi connectivity index (χ1) is 16.0. The third-order valence-corrected chi connectivity index (χ3v) is 7.49. The van der Waals surface area contributed by atoms with E-state index >= 15 is 0 Å². The second-order valence-electron chi connectivity index (χ2n) is 9.56. The number of hydrogen-bond acceptors (Lipinski definition) is 0. The van der Waals surface area contributed by atoms with Crippen LogP contribution in [0.4, 0.5) is 0 Å². The van der Waals surface area contributed by atoms with Gasteiger partial charge in [-0.2, -0.15) is 0 Å². The molecule has 1 aliphatic carbocycles. The van der Waals surface area contributed by atoms with Crippen LogP contribution in [0.3, 0.4) is 0 Å². The molecule has 7 rings (SSSR count). The predicted molar refractivity (Wildman–Crippen MR) is 146 cm³/mol. The molecule has 0 saturated heterocycles. The van der Waals surface area contributed by atoms with Crippen LogP contribution in [-0.2, 0) is 6.42 Å². The summed E-state index contributed by atoms with van der Waals surface area (Å²) in [6, 6.07) is 27.1. The molecule has 0 radical (unpaired) electrons. The predicted octanol–water partition coefficient (Wildman–Crippen LogP) is 9.23. The highest BCUT2D eigenvalue weighted by Gasteiger charge is 2.13. The standard InChI is InChI=1S/C22H16.C11H12/c1-13-9-11-19-18-8-4-6-16-14(2)10-12-20(22(16)18)17-7-3-5-15(13)21(17)19;1-8-6-10-4-3-5-11(10)7-9(8)2/h3-12H,1-2H3;3-4,6-7H,5H2,1-2H3. The zero-order valence-corrected chi connectivity index (χ0v) is 19.8. The largest absolute Gasteiger partial charge is 0.0795 e. The Morgan fingerprint density at radius 3 is 1.55 bits per heavy atom. The lowest BCUT2D eigenvalue weighted by Crippen LogP contribution is -1.89. The van der Waals surface area contributed by atoms with Gasteiger partial charge in [-0.25, -0.2) is 0 Å². The van der Waals surface area contributed by atoms with Crippen molar-refractivity contribution in [2.24, 2.45) is 0 Å². The molecular weight excluding hydrogens is 396 g/mol. The molecule has 160 valence electrons. The van der Waals surface area contributed by atoms with Crippen molar-refractivity contribution in [3.8, 4) is 0 Å². The third kappa shape index (κ3) is 3.05. The fourth-order valence-electron chi connectivity index (χ4n) is 5.55. The van der Waals surface area contributed by atoms with Gasteiger partial charge in [0.05, 0.1) is 0 Å². The monoisotopic (exact) mass is 424 g/mol. The summed E-state index contributed by atoms with van der Waals surface area (Å²) in [6.45, 7) is 8.75. The van der Waals surface area contributed by atoms with E-state index in [2.05, 4.69) is 113 Å². The quantitative estimate of drug-likeness (QED) is 0.168. The first kappa shape index (κ1) is 20.0. The maximum absolute atomic E-state index is 2.30. The lowest BCUT2D eigenvalue weighted by atomic mass is 9.87. The van der Waals surface area contributed by atoms with Gasteiger partial charge in [0.1, 0.15) is 0 Å². The molecule has 0 heterocycles. The van der Waals surface area contributed by atoms with Crippen LogP contribution in [0, 0.1) is 27.7 Å². The van der Waals surface area contributed by atoms with E-state index in [0.717, 1.165) is 6.42 Å². The van der Waals surface area contributed by atoms with E-state index in [-0.39, 0.29) is 0 Å². The van der Waals surface area contributed by atoms with Crippen molar-refractivity contribution >= 4 is 49.2 Å². The summed E-state index contributed by atoms with van der Waals surface area (Å²) in [5.41, 5.74) is 8.40. The topological polar surface area (TPSA) is 0 Å². The van der Waals surface area contributed by atoms with Gasteiger partial charge >= 0.3 is 0 Å². The molecule has 6 aromatic carbocycles. The van der Waals surface area contributed by atoms with Gasteiger partial charge < -0.3 is 0 Å². The van der Waals surface area contributed by atoms with Crippen molar-refractivity contribution in [2.75, 3.05) is 0 Å². The van der Waals surface area contributed by atoms with Crippen LogP contribution in [0.15, 0.2) is 78.9 Å². The van der Waals surface area contributed by atoms with Gasteiger partial charge in [0.15, 0.2) is 0 Å². The van der Waals surface area contributed by atoms with Gasteiger partial charge in [-0.3, -0.25) is 0 Å². The second kappa shape index (κ2) is 7.46. The molecule has 0 amide bonds. The Morgan fingerprint density at radius 1 is 0.485 bits per heavy atom. The molecule has 0 spiro atoms. The Bertz CT molecular complexity index is 1600. The Hall–Kier alpha value is -3.64. The van der Waals surface area contributed by atoms with Gasteiger partial charge in [-0.15, -0.1) is 0 Å². The minimum absolute atomic E-state index is 1.12. The van der Waals surface area contributed by atoms with Crippen molar-refractivity contribution in [1.82, 2.24) is 0 Å². The van der Waals surface area contributed by atoms with Gasteiger partial charge in [-0.05, 0) is 111 Å². The average molecular weight is 425 g/mol. The molecule has 6 aromatic rings. The molecule has 0 saturated carbocycles. The highest BCUT2D eigenvalue weighted by atomic mass is 14.2. The summed E-state index contributed by atoms with van der Waals surface area (Å²) in [7, 11) is 0. The highest BCUT2D eigenvalue weighted by molar-refractivity contribution is 6.33. The van der Waals surface area contributed by atoms with Crippen LogP contribution in [0.5, 0.6) is 0 Å². The zero-order valence-electron chi connectivity index (χ0n) is 19.8. The molecule has 0 aromatic heterocycles. The number of rotatable bonds is 0. The highest BCUT2D eigenvalue weighted by Crippen LogP contribution is 2.41. The lowest BCUT2D eigenvalue weighted by Gasteiger charge is -2.16. The summed E-state index contributed by atoms with van der Waals surface area (Å²) in [4.78, 5) is 0. The molecule has 0 fully saturated rings. The van der Waals surface area contributed by atoms with Crippen molar-refractivity contribution in [3.63, 3.8) is 0 Å². The van der Waals surface area contributed by atoms with E-state index in [1.807, 2.05) is 0 Å². The summed E-state index contributed by atoms with van der Waals surface area (Å²) in [6.07, 6.45) is 5.56. The first-order valence-electron chi connectivity index (χ1n) is 11.8. The molecule has 0 unspecified atom stereocenters. The normalized spacial score (nSPS) is 12.6. The van der Waals surface area contributed by atoms with E-state index in [0.29, 0.717) is 0 Å². The Labute approximate surface area is 195 Å². The van der Waals surface area contributed by atoms with Crippen LogP contribution < -0.4 is 0 Å². The molecule has 0 nitrogen and oxygen atoms in total. The van der Waals surface area contributed by atoms with Crippen LogP contribution in [0.2, 0.25) is 0 Å². The van der Waals surface area contributed by atoms with Crippen LogP contribution in [0.25, 0.3) is 49.2 Å². The molecule has 0 bridgehead atoms. The number of hydrogen-bond donors (Lipinski definition) is 0.